The zero-order valence-corrected chi connectivity index (χ0v) is 10.4. The van der Waals surface area contributed by atoms with Crippen LogP contribution >= 0.6 is 0 Å². The highest BCUT2D eigenvalue weighted by Crippen LogP contribution is 2.23. The minimum absolute atomic E-state index is 0.357. The molecule has 0 bridgehead atoms. The van der Waals surface area contributed by atoms with E-state index >= 15 is 0 Å². The van der Waals surface area contributed by atoms with E-state index in [1.807, 2.05) is 0 Å². The van der Waals surface area contributed by atoms with Gasteiger partial charge in [0.2, 0.25) is 10.0 Å². The molecule has 0 amide bonds. The molecule has 0 saturated heterocycles. The number of rotatable bonds is 6. The Bertz CT molecular complexity index is 271. The Balaban J connectivity index is 2.34. The van der Waals surface area contributed by atoms with Gasteiger partial charge in [-0.1, -0.05) is 12.8 Å². The monoisotopic (exact) mass is 234 g/mol. The maximum atomic E-state index is 11.7. The molecule has 0 radical (unpaired) electrons. The molecule has 0 aliphatic heterocycles. The fourth-order valence-corrected chi connectivity index (χ4v) is 3.13. The Labute approximate surface area is 92.9 Å². The topological polar surface area (TPSA) is 58.2 Å². The highest BCUT2D eigenvalue weighted by Gasteiger charge is 2.22. The summed E-state index contributed by atoms with van der Waals surface area (Å²) < 4.78 is 26.2. The van der Waals surface area contributed by atoms with Crippen molar-refractivity contribution in [3.8, 4) is 0 Å². The molecule has 0 aromatic rings. The molecule has 4 nitrogen and oxygen atoms in total. The third-order valence-electron chi connectivity index (χ3n) is 3.07. The first-order chi connectivity index (χ1) is 7.06. The minimum Gasteiger partial charge on any atom is -0.318 e. The summed E-state index contributed by atoms with van der Waals surface area (Å²) >= 11 is 0. The van der Waals surface area contributed by atoms with Crippen LogP contribution < -0.4 is 10.0 Å². The van der Waals surface area contributed by atoms with Crippen LogP contribution in [0.25, 0.3) is 0 Å². The van der Waals surface area contributed by atoms with Crippen molar-refractivity contribution in [1.82, 2.24) is 10.0 Å². The van der Waals surface area contributed by atoms with Gasteiger partial charge in [0.25, 0.3) is 0 Å². The largest absolute Gasteiger partial charge is 0.318 e. The molecular formula is C10H22N2O2S. The Morgan fingerprint density at radius 1 is 1.33 bits per heavy atom. The van der Waals surface area contributed by atoms with E-state index in [4.69, 9.17) is 0 Å². The van der Waals surface area contributed by atoms with Gasteiger partial charge in [-0.05, 0) is 32.7 Å². The minimum atomic E-state index is -3.12. The van der Waals surface area contributed by atoms with Crippen molar-refractivity contribution in [3.63, 3.8) is 0 Å². The maximum absolute atomic E-state index is 11.7. The van der Waals surface area contributed by atoms with Crippen molar-refractivity contribution >= 4 is 10.0 Å². The molecule has 1 rings (SSSR count). The molecule has 90 valence electrons. The van der Waals surface area contributed by atoms with Crippen LogP contribution in [0, 0.1) is 5.92 Å². The third-order valence-corrected chi connectivity index (χ3v) is 4.86. The zero-order chi connectivity index (χ0) is 11.3. The SMILES string of the molecule is CNCC(C)S(=O)(=O)NCC1CCCC1. The van der Waals surface area contributed by atoms with Crippen molar-refractivity contribution in [2.75, 3.05) is 20.1 Å². The summed E-state index contributed by atoms with van der Waals surface area (Å²) in [5, 5.41) is 2.52. The van der Waals surface area contributed by atoms with Crippen molar-refractivity contribution in [3.05, 3.63) is 0 Å². The van der Waals surface area contributed by atoms with E-state index in [0.717, 1.165) is 0 Å². The molecule has 2 N–H and O–H groups in total. The van der Waals surface area contributed by atoms with Crippen LogP contribution in [0.3, 0.4) is 0 Å². The summed E-state index contributed by atoms with van der Waals surface area (Å²) in [7, 11) is -1.36. The summed E-state index contributed by atoms with van der Waals surface area (Å²) in [6, 6.07) is 0. The van der Waals surface area contributed by atoms with E-state index in [1.54, 1.807) is 14.0 Å². The van der Waals surface area contributed by atoms with Gasteiger partial charge in [0.05, 0.1) is 5.25 Å². The van der Waals surface area contributed by atoms with Crippen molar-refractivity contribution < 1.29 is 8.42 Å². The Kier molecular flexibility index (Phi) is 5.02. The summed E-state index contributed by atoms with van der Waals surface area (Å²) in [6.45, 7) is 2.85. The Hall–Kier alpha value is -0.130. The molecule has 1 atom stereocenters. The second-order valence-electron chi connectivity index (χ2n) is 4.41. The van der Waals surface area contributed by atoms with Crippen LogP contribution in [-0.4, -0.2) is 33.8 Å². The standard InChI is InChI=1S/C10H22N2O2S/c1-9(7-11-2)15(13,14)12-8-10-5-3-4-6-10/h9-12H,3-8H2,1-2H3. The van der Waals surface area contributed by atoms with Crippen molar-refractivity contribution in [2.24, 2.45) is 5.92 Å². The lowest BCUT2D eigenvalue weighted by molar-refractivity contribution is 0.513. The van der Waals surface area contributed by atoms with Crippen LogP contribution in [0.4, 0.5) is 0 Å². The van der Waals surface area contributed by atoms with Gasteiger partial charge in [-0.3, -0.25) is 0 Å². The zero-order valence-electron chi connectivity index (χ0n) is 9.62. The Morgan fingerprint density at radius 2 is 1.93 bits per heavy atom. The van der Waals surface area contributed by atoms with E-state index in [9.17, 15) is 8.42 Å². The maximum Gasteiger partial charge on any atom is 0.215 e. The summed E-state index contributed by atoms with van der Waals surface area (Å²) in [4.78, 5) is 0. The van der Waals surface area contributed by atoms with Crippen LogP contribution in [-0.2, 0) is 10.0 Å². The van der Waals surface area contributed by atoms with Crippen molar-refractivity contribution in [1.29, 1.82) is 0 Å². The predicted molar refractivity (Wildman–Crippen MR) is 62.3 cm³/mol. The van der Waals surface area contributed by atoms with Gasteiger partial charge in [0.1, 0.15) is 0 Å². The lowest BCUT2D eigenvalue weighted by atomic mass is 10.1. The van der Waals surface area contributed by atoms with Gasteiger partial charge < -0.3 is 5.32 Å². The van der Waals surface area contributed by atoms with E-state index < -0.39 is 10.0 Å². The molecule has 0 spiro atoms. The molecule has 1 aliphatic carbocycles. The number of hydrogen-bond acceptors (Lipinski definition) is 3. The van der Waals surface area contributed by atoms with E-state index in [0.29, 0.717) is 19.0 Å². The molecule has 0 heterocycles. The molecule has 1 fully saturated rings. The highest BCUT2D eigenvalue weighted by molar-refractivity contribution is 7.90. The van der Waals surface area contributed by atoms with Gasteiger partial charge >= 0.3 is 0 Å². The van der Waals surface area contributed by atoms with E-state index in [2.05, 4.69) is 10.0 Å². The van der Waals surface area contributed by atoms with Gasteiger partial charge in [-0.25, -0.2) is 13.1 Å². The number of sulfonamides is 1. The summed E-state index contributed by atoms with van der Waals surface area (Å²) in [6.07, 6.45) is 4.84. The van der Waals surface area contributed by atoms with E-state index in [1.165, 1.54) is 25.7 Å². The van der Waals surface area contributed by atoms with Crippen LogP contribution in [0.1, 0.15) is 32.6 Å². The summed E-state index contributed by atoms with van der Waals surface area (Å²) in [5.74, 6) is 0.557. The quantitative estimate of drug-likeness (QED) is 0.711. The van der Waals surface area contributed by atoms with E-state index in [-0.39, 0.29) is 5.25 Å². The molecular weight excluding hydrogens is 212 g/mol. The molecule has 1 saturated carbocycles. The number of hydrogen-bond donors (Lipinski definition) is 2. The second kappa shape index (κ2) is 5.82. The van der Waals surface area contributed by atoms with Crippen LogP contribution in [0.5, 0.6) is 0 Å². The van der Waals surface area contributed by atoms with Crippen LogP contribution in [0.15, 0.2) is 0 Å². The second-order valence-corrected chi connectivity index (χ2v) is 6.60. The van der Waals surface area contributed by atoms with Crippen LogP contribution in [0.2, 0.25) is 0 Å². The first-order valence-corrected chi connectivity index (χ1v) is 7.24. The van der Waals surface area contributed by atoms with Gasteiger partial charge in [-0.15, -0.1) is 0 Å². The number of nitrogens with one attached hydrogen (secondary N) is 2. The predicted octanol–water partition coefficient (Wildman–Crippen LogP) is 0.704. The first kappa shape index (κ1) is 12.9. The molecule has 0 aromatic heterocycles. The molecule has 1 aliphatic rings. The fraction of sp³-hybridized carbons (Fsp3) is 1.00. The normalized spacial score (nSPS) is 20.7. The van der Waals surface area contributed by atoms with Gasteiger partial charge in [0.15, 0.2) is 0 Å². The average Bonchev–Trinajstić information content (AvgIpc) is 2.68. The fourth-order valence-electron chi connectivity index (χ4n) is 1.99. The smallest absolute Gasteiger partial charge is 0.215 e. The summed E-state index contributed by atoms with van der Waals surface area (Å²) in [5.41, 5.74) is 0. The van der Waals surface area contributed by atoms with Gasteiger partial charge in [-0.2, -0.15) is 0 Å². The average molecular weight is 234 g/mol. The molecule has 1 unspecified atom stereocenters. The Morgan fingerprint density at radius 3 is 2.47 bits per heavy atom. The molecule has 0 aromatic carbocycles. The lowest BCUT2D eigenvalue weighted by Crippen LogP contribution is -2.39. The first-order valence-electron chi connectivity index (χ1n) is 5.69. The van der Waals surface area contributed by atoms with Gasteiger partial charge in [0, 0.05) is 13.1 Å². The van der Waals surface area contributed by atoms with Crippen molar-refractivity contribution in [2.45, 2.75) is 37.9 Å². The molecule has 15 heavy (non-hydrogen) atoms. The molecule has 5 heteroatoms. The third kappa shape index (κ3) is 4.09. The highest BCUT2D eigenvalue weighted by atomic mass is 32.2. The lowest BCUT2D eigenvalue weighted by Gasteiger charge is -2.15.